The van der Waals surface area contributed by atoms with Gasteiger partial charge in [-0.25, -0.2) is 4.68 Å². The summed E-state index contributed by atoms with van der Waals surface area (Å²) >= 11 is 0. The van der Waals surface area contributed by atoms with Gasteiger partial charge in [-0.1, -0.05) is 66.7 Å². The maximum absolute atomic E-state index is 13.6. The molecule has 2 amide bonds. The van der Waals surface area contributed by atoms with Crippen molar-refractivity contribution >= 4 is 11.8 Å². The van der Waals surface area contributed by atoms with Gasteiger partial charge < -0.3 is 9.80 Å². The lowest BCUT2D eigenvalue weighted by atomic mass is 10.1. The zero-order valence-electron chi connectivity index (χ0n) is 18.2. The summed E-state index contributed by atoms with van der Waals surface area (Å²) in [4.78, 5) is 29.9. The second-order valence-corrected chi connectivity index (χ2v) is 7.99. The van der Waals surface area contributed by atoms with Gasteiger partial charge in [-0.3, -0.25) is 9.59 Å². The van der Waals surface area contributed by atoms with Gasteiger partial charge in [-0.2, -0.15) is 5.10 Å². The predicted molar refractivity (Wildman–Crippen MR) is 127 cm³/mol. The molecular formula is C27H24N4O2. The van der Waals surface area contributed by atoms with Crippen LogP contribution >= 0.6 is 0 Å². The topological polar surface area (TPSA) is 58.4 Å². The molecule has 6 nitrogen and oxygen atoms in total. The third kappa shape index (κ3) is 4.28. The molecule has 6 heteroatoms. The average molecular weight is 437 g/mol. The molecule has 1 aliphatic heterocycles. The molecule has 1 aliphatic rings. The number of para-hydroxylation sites is 1. The number of benzene rings is 3. The Morgan fingerprint density at radius 2 is 1.15 bits per heavy atom. The number of amides is 2. The lowest BCUT2D eigenvalue weighted by Gasteiger charge is -2.34. The third-order valence-corrected chi connectivity index (χ3v) is 5.89. The minimum atomic E-state index is -0.0668. The molecule has 0 aliphatic carbocycles. The van der Waals surface area contributed by atoms with Crippen molar-refractivity contribution in [3.63, 3.8) is 0 Å². The lowest BCUT2D eigenvalue weighted by Crippen LogP contribution is -2.50. The first-order chi connectivity index (χ1) is 16.2. The number of carbonyl (C=O) groups excluding carboxylic acids is 2. The summed E-state index contributed by atoms with van der Waals surface area (Å²) in [6.45, 7) is 1.99. The van der Waals surface area contributed by atoms with Crippen LogP contribution in [0.3, 0.4) is 0 Å². The highest BCUT2D eigenvalue weighted by Gasteiger charge is 2.28. The van der Waals surface area contributed by atoms with E-state index in [0.717, 1.165) is 11.3 Å². The number of hydrogen-bond acceptors (Lipinski definition) is 3. The number of aromatic nitrogens is 2. The molecule has 0 spiro atoms. The summed E-state index contributed by atoms with van der Waals surface area (Å²) in [5, 5.41) is 4.75. The Labute approximate surface area is 192 Å². The molecule has 3 aromatic carbocycles. The van der Waals surface area contributed by atoms with E-state index < -0.39 is 0 Å². The molecule has 5 rings (SSSR count). The molecule has 0 radical (unpaired) electrons. The van der Waals surface area contributed by atoms with Crippen LogP contribution in [0.1, 0.15) is 20.7 Å². The molecule has 0 atom stereocenters. The molecule has 33 heavy (non-hydrogen) atoms. The van der Waals surface area contributed by atoms with Gasteiger partial charge in [-0.05, 0) is 24.3 Å². The molecular weight excluding hydrogens is 412 g/mol. The molecule has 2 heterocycles. The Hall–Kier alpha value is -4.19. The van der Waals surface area contributed by atoms with Crippen molar-refractivity contribution in [1.82, 2.24) is 19.6 Å². The van der Waals surface area contributed by atoms with E-state index in [4.69, 9.17) is 5.10 Å². The highest BCUT2D eigenvalue weighted by molar-refractivity contribution is 6.00. The van der Waals surface area contributed by atoms with Crippen molar-refractivity contribution in [3.05, 3.63) is 108 Å². The lowest BCUT2D eigenvalue weighted by molar-refractivity contribution is 0.0536. The van der Waals surface area contributed by atoms with E-state index >= 15 is 0 Å². The first-order valence-electron chi connectivity index (χ1n) is 11.0. The molecule has 0 saturated carbocycles. The molecule has 1 aromatic heterocycles. The monoisotopic (exact) mass is 436 g/mol. The molecule has 4 aromatic rings. The van der Waals surface area contributed by atoms with E-state index in [2.05, 4.69) is 0 Å². The van der Waals surface area contributed by atoms with E-state index in [-0.39, 0.29) is 11.8 Å². The van der Waals surface area contributed by atoms with Gasteiger partial charge in [0.15, 0.2) is 0 Å². The van der Waals surface area contributed by atoms with Crippen molar-refractivity contribution in [3.8, 4) is 16.9 Å². The van der Waals surface area contributed by atoms with Crippen LogP contribution in [0.2, 0.25) is 0 Å². The maximum Gasteiger partial charge on any atom is 0.257 e. The first kappa shape index (κ1) is 20.7. The Bertz CT molecular complexity index is 1250. The summed E-state index contributed by atoms with van der Waals surface area (Å²) < 4.78 is 1.75. The van der Waals surface area contributed by atoms with Crippen LogP contribution in [-0.4, -0.2) is 57.6 Å². The smallest absolute Gasteiger partial charge is 0.257 e. The Morgan fingerprint density at radius 3 is 1.76 bits per heavy atom. The molecule has 0 N–H and O–H groups in total. The molecule has 1 saturated heterocycles. The Balaban J connectivity index is 1.38. The van der Waals surface area contributed by atoms with Crippen LogP contribution < -0.4 is 0 Å². The van der Waals surface area contributed by atoms with Crippen LogP contribution in [0.15, 0.2) is 97.2 Å². The molecule has 0 unspecified atom stereocenters. The zero-order chi connectivity index (χ0) is 22.6. The van der Waals surface area contributed by atoms with E-state index in [9.17, 15) is 9.59 Å². The summed E-state index contributed by atoms with van der Waals surface area (Å²) in [6, 6.07) is 28.8. The SMILES string of the molecule is O=C(c1ccccc1)N1CCN(C(=O)c2cn(-c3ccccc3)nc2-c2ccccc2)CC1. The van der Waals surface area contributed by atoms with Gasteiger partial charge in [0.25, 0.3) is 11.8 Å². The Morgan fingerprint density at radius 1 is 0.636 bits per heavy atom. The highest BCUT2D eigenvalue weighted by atomic mass is 16.2. The van der Waals surface area contributed by atoms with Crippen LogP contribution in [0, 0.1) is 0 Å². The normalized spacial score (nSPS) is 13.7. The second kappa shape index (κ2) is 9.12. The van der Waals surface area contributed by atoms with Crippen LogP contribution in [0.25, 0.3) is 16.9 Å². The molecule has 164 valence electrons. The molecule has 0 bridgehead atoms. The predicted octanol–water partition coefficient (Wildman–Crippen LogP) is 4.14. The number of carbonyl (C=O) groups is 2. The number of nitrogens with zero attached hydrogens (tertiary/aromatic N) is 4. The van der Waals surface area contributed by atoms with Crippen molar-refractivity contribution in [2.24, 2.45) is 0 Å². The van der Waals surface area contributed by atoms with Crippen molar-refractivity contribution in [2.75, 3.05) is 26.2 Å². The second-order valence-electron chi connectivity index (χ2n) is 7.99. The summed E-state index contributed by atoms with van der Waals surface area (Å²) in [5.74, 6) is -0.0626. The first-order valence-corrected chi connectivity index (χ1v) is 11.0. The summed E-state index contributed by atoms with van der Waals surface area (Å²) in [5.41, 5.74) is 3.69. The zero-order valence-corrected chi connectivity index (χ0v) is 18.2. The standard InChI is InChI=1S/C27H24N4O2/c32-26(22-12-6-2-7-13-22)29-16-18-30(19-17-29)27(33)24-20-31(23-14-8-3-9-15-23)28-25(24)21-10-4-1-5-11-21/h1-15,20H,16-19H2. The third-order valence-electron chi connectivity index (χ3n) is 5.89. The van der Waals surface area contributed by atoms with Gasteiger partial charge in [0.2, 0.25) is 0 Å². The van der Waals surface area contributed by atoms with Crippen LogP contribution in [0.4, 0.5) is 0 Å². The quantitative estimate of drug-likeness (QED) is 0.483. The van der Waals surface area contributed by atoms with Crippen molar-refractivity contribution < 1.29 is 9.59 Å². The average Bonchev–Trinajstić information content (AvgIpc) is 3.35. The fourth-order valence-electron chi connectivity index (χ4n) is 4.10. The maximum atomic E-state index is 13.6. The number of hydrogen-bond donors (Lipinski definition) is 0. The Kier molecular flexibility index (Phi) is 5.72. The fourth-order valence-corrected chi connectivity index (χ4v) is 4.10. The van der Waals surface area contributed by atoms with Crippen LogP contribution in [-0.2, 0) is 0 Å². The van der Waals surface area contributed by atoms with Gasteiger partial charge in [0.1, 0.15) is 5.69 Å². The van der Waals surface area contributed by atoms with Crippen molar-refractivity contribution in [2.45, 2.75) is 0 Å². The fraction of sp³-hybridized carbons (Fsp3) is 0.148. The van der Waals surface area contributed by atoms with Crippen molar-refractivity contribution in [1.29, 1.82) is 0 Å². The van der Waals surface area contributed by atoms with E-state index in [1.165, 1.54) is 0 Å². The highest BCUT2D eigenvalue weighted by Crippen LogP contribution is 2.25. The van der Waals surface area contributed by atoms with Gasteiger partial charge in [-0.15, -0.1) is 0 Å². The van der Waals surface area contributed by atoms with E-state index in [1.807, 2.05) is 107 Å². The largest absolute Gasteiger partial charge is 0.335 e. The minimum absolute atomic E-state index is 0.00423. The van der Waals surface area contributed by atoms with Gasteiger partial charge in [0.05, 0.1) is 11.3 Å². The van der Waals surface area contributed by atoms with Gasteiger partial charge in [0, 0.05) is 43.5 Å². The summed E-state index contributed by atoms with van der Waals surface area (Å²) in [6.07, 6.45) is 1.81. The van der Waals surface area contributed by atoms with E-state index in [1.54, 1.807) is 4.68 Å². The number of rotatable bonds is 4. The number of piperazine rings is 1. The van der Waals surface area contributed by atoms with Crippen LogP contribution in [0.5, 0.6) is 0 Å². The van der Waals surface area contributed by atoms with Gasteiger partial charge >= 0.3 is 0 Å². The minimum Gasteiger partial charge on any atom is -0.335 e. The summed E-state index contributed by atoms with van der Waals surface area (Å²) in [7, 11) is 0. The molecule has 1 fully saturated rings. The van der Waals surface area contributed by atoms with E-state index in [0.29, 0.717) is 43.0 Å².